The van der Waals surface area contributed by atoms with Crippen molar-refractivity contribution in [2.45, 2.75) is 19.4 Å². The van der Waals surface area contributed by atoms with E-state index in [1.54, 1.807) is 19.1 Å². The number of aliphatic hydroxyl groups excluding tert-OH is 1. The largest absolute Gasteiger partial charge is 0.493 e. The van der Waals surface area contributed by atoms with Crippen molar-refractivity contribution in [2.75, 3.05) is 21.3 Å². The van der Waals surface area contributed by atoms with Crippen LogP contribution in [0.25, 0.3) is 0 Å². The molecule has 0 aliphatic rings. The Balaban J connectivity index is 3.22. The maximum absolute atomic E-state index is 11.7. The monoisotopic (exact) mass is 302 g/mol. The third-order valence-corrected chi connectivity index (χ3v) is 3.55. The summed E-state index contributed by atoms with van der Waals surface area (Å²) >= 11 is 6.22. The molecular weight excluding hydrogens is 284 g/mol. The van der Waals surface area contributed by atoms with Gasteiger partial charge in [0.15, 0.2) is 11.5 Å². The maximum Gasteiger partial charge on any atom is 0.311 e. The minimum absolute atomic E-state index is 0.224. The standard InChI is InChI=1S/C14H19ClO5/c1-5-8(14(17)20-4)12(16)9-6-7-10(18-2)13(19-3)11(9)15/h6-8,12,16H,5H2,1-4H3. The molecule has 20 heavy (non-hydrogen) atoms. The summed E-state index contributed by atoms with van der Waals surface area (Å²) in [5, 5.41) is 10.6. The average Bonchev–Trinajstić information content (AvgIpc) is 2.46. The van der Waals surface area contributed by atoms with E-state index in [4.69, 9.17) is 21.1 Å². The highest BCUT2D eigenvalue weighted by molar-refractivity contribution is 6.33. The summed E-state index contributed by atoms with van der Waals surface area (Å²) in [5.74, 6) is -0.383. The van der Waals surface area contributed by atoms with Crippen molar-refractivity contribution in [2.24, 2.45) is 5.92 Å². The number of ether oxygens (including phenoxy) is 3. The zero-order chi connectivity index (χ0) is 15.3. The van der Waals surface area contributed by atoms with Gasteiger partial charge in [-0.3, -0.25) is 4.79 Å². The van der Waals surface area contributed by atoms with Gasteiger partial charge < -0.3 is 19.3 Å². The quantitative estimate of drug-likeness (QED) is 0.818. The molecule has 0 aliphatic carbocycles. The highest BCUT2D eigenvalue weighted by atomic mass is 35.5. The normalized spacial score (nSPS) is 13.5. The van der Waals surface area contributed by atoms with Gasteiger partial charge in [0.1, 0.15) is 0 Å². The lowest BCUT2D eigenvalue weighted by Crippen LogP contribution is -2.23. The SMILES string of the molecule is CCC(C(=O)OC)C(O)c1ccc(OC)c(OC)c1Cl. The van der Waals surface area contributed by atoms with Crippen LogP contribution in [0.5, 0.6) is 11.5 Å². The second-order valence-corrected chi connectivity index (χ2v) is 4.56. The number of methoxy groups -OCH3 is 3. The number of esters is 1. The molecule has 0 amide bonds. The summed E-state index contributed by atoms with van der Waals surface area (Å²) in [6.07, 6.45) is -0.641. The van der Waals surface area contributed by atoms with Gasteiger partial charge in [0, 0.05) is 5.56 Å². The Morgan fingerprint density at radius 3 is 2.40 bits per heavy atom. The Bertz CT molecular complexity index is 475. The fraction of sp³-hybridized carbons (Fsp3) is 0.500. The van der Waals surface area contributed by atoms with Gasteiger partial charge >= 0.3 is 5.97 Å². The summed E-state index contributed by atoms with van der Waals surface area (Å²) in [6.45, 7) is 1.79. The van der Waals surface area contributed by atoms with Crippen LogP contribution in [0.3, 0.4) is 0 Å². The van der Waals surface area contributed by atoms with Crippen molar-refractivity contribution in [1.82, 2.24) is 0 Å². The van der Waals surface area contributed by atoms with Crippen molar-refractivity contribution in [3.63, 3.8) is 0 Å². The van der Waals surface area contributed by atoms with E-state index in [1.165, 1.54) is 21.3 Å². The summed E-state index contributed by atoms with van der Waals surface area (Å²) in [4.78, 5) is 11.7. The van der Waals surface area contributed by atoms with E-state index in [0.29, 0.717) is 23.5 Å². The van der Waals surface area contributed by atoms with Crippen molar-refractivity contribution in [3.05, 3.63) is 22.7 Å². The topological polar surface area (TPSA) is 65.0 Å². The average molecular weight is 303 g/mol. The Morgan fingerprint density at radius 1 is 1.30 bits per heavy atom. The molecular formula is C14H19ClO5. The third kappa shape index (κ3) is 3.16. The zero-order valence-corrected chi connectivity index (χ0v) is 12.7. The molecule has 1 rings (SSSR count). The van der Waals surface area contributed by atoms with Crippen LogP contribution < -0.4 is 9.47 Å². The fourth-order valence-corrected chi connectivity index (χ4v) is 2.36. The van der Waals surface area contributed by atoms with Gasteiger partial charge in [-0.15, -0.1) is 0 Å². The van der Waals surface area contributed by atoms with Crippen molar-refractivity contribution >= 4 is 17.6 Å². The summed E-state index contributed by atoms with van der Waals surface area (Å²) in [7, 11) is 4.24. The Hall–Kier alpha value is -1.46. The number of halogens is 1. The minimum atomic E-state index is -1.07. The smallest absolute Gasteiger partial charge is 0.311 e. The van der Waals surface area contributed by atoms with Gasteiger partial charge in [-0.1, -0.05) is 24.6 Å². The molecule has 0 saturated heterocycles. The van der Waals surface area contributed by atoms with E-state index in [2.05, 4.69) is 4.74 Å². The van der Waals surface area contributed by atoms with E-state index in [1.807, 2.05) is 0 Å². The number of benzene rings is 1. The second kappa shape index (κ2) is 7.36. The van der Waals surface area contributed by atoms with Gasteiger partial charge in [-0.05, 0) is 12.5 Å². The Labute approximate surface area is 123 Å². The maximum atomic E-state index is 11.7. The molecule has 0 aliphatic heterocycles. The van der Waals surface area contributed by atoms with Crippen molar-refractivity contribution < 1.29 is 24.1 Å². The van der Waals surface area contributed by atoms with Crippen LogP contribution in [0.1, 0.15) is 25.0 Å². The minimum Gasteiger partial charge on any atom is -0.493 e. The van der Waals surface area contributed by atoms with Gasteiger partial charge in [-0.2, -0.15) is 0 Å². The van der Waals surface area contributed by atoms with Crippen LogP contribution in [0.2, 0.25) is 5.02 Å². The first-order chi connectivity index (χ1) is 9.51. The van der Waals surface area contributed by atoms with Crippen LogP contribution in [-0.2, 0) is 9.53 Å². The van der Waals surface area contributed by atoms with E-state index >= 15 is 0 Å². The zero-order valence-electron chi connectivity index (χ0n) is 12.0. The molecule has 1 aromatic carbocycles. The molecule has 0 radical (unpaired) electrons. The van der Waals surface area contributed by atoms with Crippen molar-refractivity contribution in [1.29, 1.82) is 0 Å². The first-order valence-electron chi connectivity index (χ1n) is 6.18. The summed E-state index contributed by atoms with van der Waals surface area (Å²) < 4.78 is 15.0. The Morgan fingerprint density at radius 2 is 1.95 bits per heavy atom. The number of aliphatic hydroxyl groups is 1. The molecule has 0 saturated carbocycles. The van der Waals surface area contributed by atoms with Crippen LogP contribution in [0.15, 0.2) is 12.1 Å². The van der Waals surface area contributed by atoms with Crippen LogP contribution in [0, 0.1) is 5.92 Å². The lowest BCUT2D eigenvalue weighted by molar-refractivity contribution is -0.149. The highest BCUT2D eigenvalue weighted by Crippen LogP contribution is 2.41. The van der Waals surface area contributed by atoms with Crippen LogP contribution in [0.4, 0.5) is 0 Å². The summed E-state index contributed by atoms with van der Waals surface area (Å²) in [6, 6.07) is 3.24. The number of hydrogen-bond acceptors (Lipinski definition) is 5. The van der Waals surface area contributed by atoms with Gasteiger partial charge in [-0.25, -0.2) is 0 Å². The predicted molar refractivity (Wildman–Crippen MR) is 75.3 cm³/mol. The van der Waals surface area contributed by atoms with E-state index < -0.39 is 18.0 Å². The number of hydrogen-bond donors (Lipinski definition) is 1. The molecule has 0 heterocycles. The first-order valence-corrected chi connectivity index (χ1v) is 6.55. The first kappa shape index (κ1) is 16.6. The molecule has 0 aromatic heterocycles. The lowest BCUT2D eigenvalue weighted by Gasteiger charge is -2.22. The second-order valence-electron chi connectivity index (χ2n) is 4.19. The van der Waals surface area contributed by atoms with Gasteiger partial charge in [0.25, 0.3) is 0 Å². The number of carbonyl (C=O) groups is 1. The molecule has 2 atom stereocenters. The van der Waals surface area contributed by atoms with Crippen LogP contribution in [-0.4, -0.2) is 32.4 Å². The number of carbonyl (C=O) groups excluding carboxylic acids is 1. The van der Waals surface area contributed by atoms with E-state index in [9.17, 15) is 9.90 Å². The molecule has 0 spiro atoms. The molecule has 5 nitrogen and oxygen atoms in total. The fourth-order valence-electron chi connectivity index (χ4n) is 2.02. The van der Waals surface area contributed by atoms with Gasteiger partial charge in [0.2, 0.25) is 0 Å². The van der Waals surface area contributed by atoms with Gasteiger partial charge in [0.05, 0.1) is 38.4 Å². The molecule has 0 bridgehead atoms. The molecule has 112 valence electrons. The van der Waals surface area contributed by atoms with E-state index in [0.717, 1.165) is 0 Å². The molecule has 1 N–H and O–H groups in total. The lowest BCUT2D eigenvalue weighted by atomic mass is 9.93. The summed E-state index contributed by atoms with van der Waals surface area (Å²) in [5.41, 5.74) is 0.404. The predicted octanol–water partition coefficient (Wildman–Crippen LogP) is 2.59. The van der Waals surface area contributed by atoms with Crippen LogP contribution >= 0.6 is 11.6 Å². The Kier molecular flexibility index (Phi) is 6.10. The third-order valence-electron chi connectivity index (χ3n) is 3.16. The molecule has 0 fully saturated rings. The van der Waals surface area contributed by atoms with Crippen molar-refractivity contribution in [3.8, 4) is 11.5 Å². The molecule has 2 unspecified atom stereocenters. The highest BCUT2D eigenvalue weighted by Gasteiger charge is 2.30. The van der Waals surface area contributed by atoms with E-state index in [-0.39, 0.29) is 5.02 Å². The molecule has 6 heteroatoms. The number of rotatable bonds is 6. The molecule has 1 aromatic rings.